The van der Waals surface area contributed by atoms with E-state index in [1.165, 1.54) is 0 Å². The number of nitrogen functional groups attached to an aromatic ring is 1. The number of piperazine rings is 1. The summed E-state index contributed by atoms with van der Waals surface area (Å²) in [5, 5.41) is 0.308. The third kappa shape index (κ3) is 4.05. The zero-order chi connectivity index (χ0) is 16.9. The van der Waals surface area contributed by atoms with E-state index in [-0.39, 0.29) is 18.6 Å². The first-order valence-corrected chi connectivity index (χ1v) is 8.00. The van der Waals surface area contributed by atoms with E-state index in [1.54, 1.807) is 11.0 Å². The third-order valence-electron chi connectivity index (χ3n) is 3.77. The Morgan fingerprint density at radius 2 is 1.88 bits per heavy atom. The smallest absolute Gasteiger partial charge is 0.410 e. The van der Waals surface area contributed by atoms with Crippen LogP contribution in [0.15, 0.2) is 36.4 Å². The van der Waals surface area contributed by atoms with Gasteiger partial charge in [0.1, 0.15) is 17.6 Å². The molecule has 7 nitrogen and oxygen atoms in total. The lowest BCUT2D eigenvalue weighted by Gasteiger charge is -2.34. The summed E-state index contributed by atoms with van der Waals surface area (Å²) in [6, 6.07) is 11.3. The monoisotopic (exact) mass is 347 g/mol. The van der Waals surface area contributed by atoms with Gasteiger partial charge in [-0.25, -0.2) is 9.78 Å². The van der Waals surface area contributed by atoms with Gasteiger partial charge in [-0.1, -0.05) is 41.9 Å². The van der Waals surface area contributed by atoms with Crippen molar-refractivity contribution in [2.24, 2.45) is 0 Å². The Kier molecular flexibility index (Phi) is 5.00. The van der Waals surface area contributed by atoms with Crippen LogP contribution in [0.1, 0.15) is 5.56 Å². The molecule has 0 saturated carbocycles. The van der Waals surface area contributed by atoms with Crippen molar-refractivity contribution < 1.29 is 9.53 Å². The number of hydrogen-bond acceptors (Lipinski definition) is 6. The minimum absolute atomic E-state index is 0.141. The molecule has 1 fully saturated rings. The second-order valence-corrected chi connectivity index (χ2v) is 5.81. The second-order valence-electron chi connectivity index (χ2n) is 5.42. The Morgan fingerprint density at radius 1 is 1.17 bits per heavy atom. The fraction of sp³-hybridized carbons (Fsp3) is 0.312. The van der Waals surface area contributed by atoms with Gasteiger partial charge >= 0.3 is 6.09 Å². The van der Waals surface area contributed by atoms with Crippen molar-refractivity contribution >= 4 is 29.5 Å². The molecule has 0 unspecified atom stereocenters. The summed E-state index contributed by atoms with van der Waals surface area (Å²) in [5.74, 6) is 0.812. The predicted molar refractivity (Wildman–Crippen MR) is 91.9 cm³/mol. The number of anilines is 2. The summed E-state index contributed by atoms with van der Waals surface area (Å²) in [7, 11) is 0. The summed E-state index contributed by atoms with van der Waals surface area (Å²) >= 11 is 5.91. The number of aromatic nitrogens is 2. The zero-order valence-electron chi connectivity index (χ0n) is 13.1. The van der Waals surface area contributed by atoms with Gasteiger partial charge < -0.3 is 20.3 Å². The van der Waals surface area contributed by atoms with Gasteiger partial charge in [0.05, 0.1) is 0 Å². The molecule has 1 aromatic heterocycles. The summed E-state index contributed by atoms with van der Waals surface area (Å²) in [5.41, 5.74) is 6.59. The van der Waals surface area contributed by atoms with Crippen LogP contribution < -0.4 is 10.6 Å². The molecule has 1 aliphatic heterocycles. The Morgan fingerprint density at radius 3 is 2.54 bits per heavy atom. The van der Waals surface area contributed by atoms with Gasteiger partial charge in [-0.05, 0) is 5.56 Å². The van der Waals surface area contributed by atoms with Crippen molar-refractivity contribution in [1.82, 2.24) is 14.9 Å². The van der Waals surface area contributed by atoms with Crippen molar-refractivity contribution in [3.63, 3.8) is 0 Å². The highest BCUT2D eigenvalue weighted by Crippen LogP contribution is 2.19. The lowest BCUT2D eigenvalue weighted by atomic mass is 10.2. The highest BCUT2D eigenvalue weighted by molar-refractivity contribution is 6.29. The minimum atomic E-state index is -0.307. The average Bonchev–Trinajstić information content (AvgIpc) is 2.60. The van der Waals surface area contributed by atoms with Crippen LogP contribution in [-0.4, -0.2) is 47.1 Å². The second kappa shape index (κ2) is 7.35. The molecule has 24 heavy (non-hydrogen) atoms. The molecular weight excluding hydrogens is 330 g/mol. The molecule has 0 radical (unpaired) electrons. The highest BCUT2D eigenvalue weighted by Gasteiger charge is 2.23. The molecule has 1 amide bonds. The topological polar surface area (TPSA) is 84.6 Å². The largest absolute Gasteiger partial charge is 0.445 e. The molecule has 1 aliphatic rings. The van der Waals surface area contributed by atoms with Crippen molar-refractivity contribution in [3.8, 4) is 0 Å². The van der Waals surface area contributed by atoms with Gasteiger partial charge in [-0.15, -0.1) is 0 Å². The maximum absolute atomic E-state index is 12.1. The first kappa shape index (κ1) is 16.3. The quantitative estimate of drug-likeness (QED) is 0.856. The minimum Gasteiger partial charge on any atom is -0.445 e. The first-order valence-electron chi connectivity index (χ1n) is 7.62. The van der Waals surface area contributed by atoms with Crippen LogP contribution in [0.3, 0.4) is 0 Å². The van der Waals surface area contributed by atoms with Crippen LogP contribution in [0.25, 0.3) is 0 Å². The first-order chi connectivity index (χ1) is 11.6. The van der Waals surface area contributed by atoms with Crippen LogP contribution in [0.4, 0.5) is 16.6 Å². The number of benzene rings is 1. The van der Waals surface area contributed by atoms with Crippen molar-refractivity contribution in [3.05, 3.63) is 47.1 Å². The summed E-state index contributed by atoms with van der Waals surface area (Å²) in [6.45, 7) is 2.64. The van der Waals surface area contributed by atoms with E-state index in [0.29, 0.717) is 37.1 Å². The molecule has 0 atom stereocenters. The number of halogens is 1. The lowest BCUT2D eigenvalue weighted by molar-refractivity contribution is 0.0941. The summed E-state index contributed by atoms with van der Waals surface area (Å²) < 4.78 is 5.35. The predicted octanol–water partition coefficient (Wildman–Crippen LogP) is 2.17. The van der Waals surface area contributed by atoms with Crippen molar-refractivity contribution in [1.29, 1.82) is 0 Å². The Balaban J connectivity index is 1.52. The summed E-state index contributed by atoms with van der Waals surface area (Å²) in [6.07, 6.45) is -0.307. The van der Waals surface area contributed by atoms with Gasteiger partial charge in [0, 0.05) is 32.2 Å². The van der Waals surface area contributed by atoms with Gasteiger partial charge in [0.15, 0.2) is 0 Å². The van der Waals surface area contributed by atoms with Gasteiger partial charge in [-0.3, -0.25) is 0 Å². The number of hydrogen-bond donors (Lipinski definition) is 1. The molecule has 3 rings (SSSR count). The average molecular weight is 348 g/mol. The van der Waals surface area contributed by atoms with E-state index in [0.717, 1.165) is 5.56 Å². The molecule has 0 bridgehead atoms. The van der Waals surface area contributed by atoms with E-state index in [1.807, 2.05) is 35.2 Å². The molecule has 2 heterocycles. The Bertz CT molecular complexity index is 685. The Hall–Kier alpha value is -2.54. The van der Waals surface area contributed by atoms with Crippen molar-refractivity contribution in [2.45, 2.75) is 6.61 Å². The number of carbonyl (C=O) groups is 1. The number of nitrogens with two attached hydrogens (primary N) is 1. The normalized spacial score (nSPS) is 14.5. The van der Waals surface area contributed by atoms with Gasteiger partial charge in [0.2, 0.25) is 5.95 Å². The molecule has 1 saturated heterocycles. The highest BCUT2D eigenvalue weighted by atomic mass is 35.5. The molecule has 2 N–H and O–H groups in total. The van der Waals surface area contributed by atoms with Crippen molar-refractivity contribution in [2.75, 3.05) is 36.8 Å². The fourth-order valence-electron chi connectivity index (χ4n) is 2.51. The Labute approximate surface area is 145 Å². The number of ether oxygens (including phenoxy) is 1. The molecule has 8 heteroatoms. The van der Waals surface area contributed by atoms with E-state index in [4.69, 9.17) is 22.1 Å². The molecule has 126 valence electrons. The number of rotatable bonds is 3. The number of amides is 1. The van der Waals surface area contributed by atoms with Crippen LogP contribution in [0, 0.1) is 0 Å². The van der Waals surface area contributed by atoms with E-state index in [9.17, 15) is 4.79 Å². The number of carbonyl (C=O) groups excluding carboxylic acids is 1. The van der Waals surface area contributed by atoms with Gasteiger partial charge in [0.25, 0.3) is 0 Å². The van der Waals surface area contributed by atoms with Gasteiger partial charge in [-0.2, -0.15) is 4.98 Å². The van der Waals surface area contributed by atoms with E-state index >= 15 is 0 Å². The molecular formula is C16H18ClN5O2. The lowest BCUT2D eigenvalue weighted by Crippen LogP contribution is -2.49. The van der Waals surface area contributed by atoms with Crippen LogP contribution >= 0.6 is 11.6 Å². The standard InChI is InChI=1S/C16H18ClN5O2/c17-13-10-14(20-15(18)19-13)21-6-8-22(9-7-21)16(23)24-11-12-4-2-1-3-5-12/h1-5,10H,6-9,11H2,(H2,18,19,20). The zero-order valence-corrected chi connectivity index (χ0v) is 13.8. The SMILES string of the molecule is Nc1nc(Cl)cc(N2CCN(C(=O)OCc3ccccc3)CC2)n1. The van der Waals surface area contributed by atoms with Crippen LogP contribution in [-0.2, 0) is 11.3 Å². The summed E-state index contributed by atoms with van der Waals surface area (Å²) in [4.78, 5) is 23.9. The van der Waals surface area contributed by atoms with E-state index < -0.39 is 0 Å². The molecule has 1 aromatic carbocycles. The maximum Gasteiger partial charge on any atom is 0.410 e. The third-order valence-corrected chi connectivity index (χ3v) is 3.96. The molecule has 0 aliphatic carbocycles. The molecule has 0 spiro atoms. The maximum atomic E-state index is 12.1. The fourth-order valence-corrected chi connectivity index (χ4v) is 2.70. The van der Waals surface area contributed by atoms with Crippen LogP contribution in [0.2, 0.25) is 5.15 Å². The molecule has 2 aromatic rings. The van der Waals surface area contributed by atoms with Crippen LogP contribution in [0.5, 0.6) is 0 Å². The number of nitrogens with zero attached hydrogens (tertiary/aromatic N) is 4. The van der Waals surface area contributed by atoms with E-state index in [2.05, 4.69) is 9.97 Å².